The summed E-state index contributed by atoms with van der Waals surface area (Å²) in [6.07, 6.45) is 6.50. The van der Waals surface area contributed by atoms with Crippen LogP contribution in [0.4, 0.5) is 0 Å². The van der Waals surface area contributed by atoms with Gasteiger partial charge in [0.05, 0.1) is 24.5 Å². The number of hydrogen-bond donors (Lipinski definition) is 2. The summed E-state index contributed by atoms with van der Waals surface area (Å²) in [6, 6.07) is 6.00. The molecule has 1 unspecified atom stereocenters. The zero-order valence-electron chi connectivity index (χ0n) is 11.6. The van der Waals surface area contributed by atoms with E-state index in [1.54, 1.807) is 6.20 Å². The molecule has 19 heavy (non-hydrogen) atoms. The highest BCUT2D eigenvalue weighted by atomic mass is 16.5. The van der Waals surface area contributed by atoms with E-state index in [-0.39, 0.29) is 6.04 Å². The van der Waals surface area contributed by atoms with Crippen molar-refractivity contribution in [1.29, 1.82) is 0 Å². The van der Waals surface area contributed by atoms with Crippen molar-refractivity contribution in [1.82, 2.24) is 10.3 Å². The van der Waals surface area contributed by atoms with Gasteiger partial charge in [0.25, 0.3) is 0 Å². The van der Waals surface area contributed by atoms with Crippen LogP contribution in [-0.2, 0) is 4.74 Å². The Balaban J connectivity index is 1.64. The van der Waals surface area contributed by atoms with Crippen LogP contribution < -0.4 is 5.32 Å². The lowest BCUT2D eigenvalue weighted by Crippen LogP contribution is -2.33. The Morgan fingerprint density at radius 2 is 2.21 bits per heavy atom. The third-order valence-electron chi connectivity index (χ3n) is 3.62. The molecular weight excluding hydrogens is 240 g/mol. The summed E-state index contributed by atoms with van der Waals surface area (Å²) in [5.74, 6) is 0. The zero-order chi connectivity index (χ0) is 13.5. The third-order valence-corrected chi connectivity index (χ3v) is 3.62. The molecule has 2 atom stereocenters. The number of pyridine rings is 1. The van der Waals surface area contributed by atoms with E-state index in [2.05, 4.69) is 10.3 Å². The number of rotatable bonds is 7. The molecule has 4 heteroatoms. The number of nitrogens with one attached hydrogen (secondary N) is 1. The van der Waals surface area contributed by atoms with Crippen molar-refractivity contribution in [2.24, 2.45) is 0 Å². The van der Waals surface area contributed by atoms with Gasteiger partial charge in [-0.05, 0) is 31.9 Å². The van der Waals surface area contributed by atoms with Gasteiger partial charge in [-0.1, -0.05) is 18.9 Å². The van der Waals surface area contributed by atoms with Gasteiger partial charge in [-0.2, -0.15) is 0 Å². The molecule has 1 saturated carbocycles. The molecule has 0 radical (unpaired) electrons. The van der Waals surface area contributed by atoms with Gasteiger partial charge in [0.1, 0.15) is 0 Å². The Kier molecular flexibility index (Phi) is 5.76. The number of ether oxygens (including phenoxy) is 1. The quantitative estimate of drug-likeness (QED) is 0.791. The molecule has 1 aromatic heterocycles. The monoisotopic (exact) mass is 264 g/mol. The number of nitrogens with zero attached hydrogens (tertiary/aromatic N) is 1. The summed E-state index contributed by atoms with van der Waals surface area (Å²) in [5.41, 5.74) is 0.992. The van der Waals surface area contributed by atoms with Crippen molar-refractivity contribution < 1.29 is 9.84 Å². The van der Waals surface area contributed by atoms with Crippen LogP contribution in [0.3, 0.4) is 0 Å². The highest BCUT2D eigenvalue weighted by molar-refractivity contribution is 5.07. The van der Waals surface area contributed by atoms with Gasteiger partial charge in [0.15, 0.2) is 0 Å². The predicted octanol–water partition coefficient (Wildman–Crippen LogP) is 2.05. The summed E-state index contributed by atoms with van der Waals surface area (Å²) in [5, 5.41) is 13.2. The molecule has 4 nitrogen and oxygen atoms in total. The second-order valence-electron chi connectivity index (χ2n) is 5.28. The molecule has 2 rings (SSSR count). The van der Waals surface area contributed by atoms with Crippen molar-refractivity contribution in [3.63, 3.8) is 0 Å². The normalized spacial score (nSPS) is 19.5. The van der Waals surface area contributed by atoms with E-state index < -0.39 is 6.10 Å². The fraction of sp³-hybridized carbons (Fsp3) is 0.667. The second-order valence-corrected chi connectivity index (χ2v) is 5.28. The minimum Gasteiger partial charge on any atom is -0.389 e. The van der Waals surface area contributed by atoms with Crippen LogP contribution in [-0.4, -0.2) is 35.5 Å². The van der Waals surface area contributed by atoms with Crippen LogP contribution >= 0.6 is 0 Å². The number of aliphatic hydroxyl groups excluding tert-OH is 1. The van der Waals surface area contributed by atoms with Gasteiger partial charge in [-0.25, -0.2) is 0 Å². The van der Waals surface area contributed by atoms with E-state index in [1.165, 1.54) is 12.8 Å². The SMILES string of the molecule is C[C@@H](NCC(O)COC1CCCC1)c1ccccn1. The van der Waals surface area contributed by atoms with Crippen molar-refractivity contribution >= 4 is 0 Å². The Labute approximate surface area is 115 Å². The molecule has 0 amide bonds. The summed E-state index contributed by atoms with van der Waals surface area (Å²) in [6.45, 7) is 3.00. The van der Waals surface area contributed by atoms with Crippen LogP contribution in [0.25, 0.3) is 0 Å². The molecule has 0 spiro atoms. The Hall–Kier alpha value is -0.970. The van der Waals surface area contributed by atoms with Gasteiger partial charge in [-0.15, -0.1) is 0 Å². The van der Waals surface area contributed by atoms with Gasteiger partial charge >= 0.3 is 0 Å². The van der Waals surface area contributed by atoms with Crippen molar-refractivity contribution in [2.45, 2.75) is 50.9 Å². The van der Waals surface area contributed by atoms with Crippen LogP contribution in [0.15, 0.2) is 24.4 Å². The first kappa shape index (κ1) is 14.4. The summed E-state index contributed by atoms with van der Waals surface area (Å²) < 4.78 is 5.70. The van der Waals surface area contributed by atoms with Gasteiger partial charge in [0, 0.05) is 18.8 Å². The minimum absolute atomic E-state index is 0.141. The van der Waals surface area contributed by atoms with Gasteiger partial charge in [0.2, 0.25) is 0 Å². The van der Waals surface area contributed by atoms with Crippen molar-refractivity contribution in [3.8, 4) is 0 Å². The van der Waals surface area contributed by atoms with E-state index in [0.29, 0.717) is 19.3 Å². The average molecular weight is 264 g/mol. The highest BCUT2D eigenvalue weighted by Gasteiger charge is 2.17. The number of hydrogen-bond acceptors (Lipinski definition) is 4. The standard InChI is InChI=1S/C15H24N2O2/c1-12(15-8-4-5-9-16-15)17-10-13(18)11-19-14-6-2-3-7-14/h4-5,8-9,12-14,17-18H,2-3,6-7,10-11H2,1H3/t12-,13?/m1/s1. The largest absolute Gasteiger partial charge is 0.389 e. The van der Waals surface area contributed by atoms with Crippen LogP contribution in [0, 0.1) is 0 Å². The van der Waals surface area contributed by atoms with Gasteiger partial charge < -0.3 is 15.2 Å². The van der Waals surface area contributed by atoms with Crippen LogP contribution in [0.5, 0.6) is 0 Å². The van der Waals surface area contributed by atoms with Crippen molar-refractivity contribution in [3.05, 3.63) is 30.1 Å². The molecule has 1 fully saturated rings. The summed E-state index contributed by atoms with van der Waals surface area (Å²) in [4.78, 5) is 4.29. The number of aromatic nitrogens is 1. The van der Waals surface area contributed by atoms with Crippen LogP contribution in [0.2, 0.25) is 0 Å². The molecule has 2 N–H and O–H groups in total. The second kappa shape index (κ2) is 7.58. The first-order valence-electron chi connectivity index (χ1n) is 7.19. The lowest BCUT2D eigenvalue weighted by molar-refractivity contribution is -0.00613. The number of aliphatic hydroxyl groups is 1. The molecule has 1 aromatic rings. The third kappa shape index (κ3) is 4.90. The molecule has 1 aliphatic carbocycles. The molecule has 0 aromatic carbocycles. The maximum atomic E-state index is 9.90. The fourth-order valence-corrected chi connectivity index (χ4v) is 2.41. The topological polar surface area (TPSA) is 54.4 Å². The Morgan fingerprint density at radius 1 is 1.42 bits per heavy atom. The van der Waals surface area contributed by atoms with E-state index in [4.69, 9.17) is 4.74 Å². The molecular formula is C15H24N2O2. The van der Waals surface area contributed by atoms with Gasteiger partial charge in [-0.3, -0.25) is 4.98 Å². The average Bonchev–Trinajstić information content (AvgIpc) is 2.96. The first-order valence-corrected chi connectivity index (χ1v) is 7.19. The lowest BCUT2D eigenvalue weighted by atomic mass is 10.2. The zero-order valence-corrected chi connectivity index (χ0v) is 11.6. The molecule has 1 heterocycles. The maximum Gasteiger partial charge on any atom is 0.0898 e. The van der Waals surface area contributed by atoms with E-state index in [1.807, 2.05) is 25.1 Å². The lowest BCUT2D eigenvalue weighted by Gasteiger charge is -2.18. The maximum absolute atomic E-state index is 9.90. The molecule has 106 valence electrons. The summed E-state index contributed by atoms with van der Waals surface area (Å²) >= 11 is 0. The first-order chi connectivity index (χ1) is 9.25. The molecule has 1 aliphatic rings. The smallest absolute Gasteiger partial charge is 0.0898 e. The molecule has 0 aliphatic heterocycles. The Bertz CT molecular complexity index is 352. The highest BCUT2D eigenvalue weighted by Crippen LogP contribution is 2.20. The Morgan fingerprint density at radius 3 is 2.89 bits per heavy atom. The molecule has 0 saturated heterocycles. The van der Waals surface area contributed by atoms with E-state index in [0.717, 1.165) is 18.5 Å². The van der Waals surface area contributed by atoms with E-state index >= 15 is 0 Å². The predicted molar refractivity (Wildman–Crippen MR) is 74.9 cm³/mol. The fourth-order valence-electron chi connectivity index (χ4n) is 2.41. The summed E-state index contributed by atoms with van der Waals surface area (Å²) in [7, 11) is 0. The van der Waals surface area contributed by atoms with Crippen molar-refractivity contribution in [2.75, 3.05) is 13.2 Å². The minimum atomic E-state index is -0.452. The molecule has 0 bridgehead atoms. The van der Waals surface area contributed by atoms with Crippen LogP contribution in [0.1, 0.15) is 44.3 Å². The van der Waals surface area contributed by atoms with E-state index in [9.17, 15) is 5.11 Å².